The van der Waals surface area contributed by atoms with Gasteiger partial charge in [0.1, 0.15) is 6.04 Å². The molecule has 0 aliphatic rings. The fraction of sp³-hybridized carbons (Fsp3) is 0.231. The van der Waals surface area contributed by atoms with E-state index in [1.807, 2.05) is 24.3 Å². The van der Waals surface area contributed by atoms with Crippen molar-refractivity contribution in [1.29, 1.82) is 0 Å². The Morgan fingerprint density at radius 1 is 1.32 bits per heavy atom. The summed E-state index contributed by atoms with van der Waals surface area (Å²) >= 11 is 3.30. The van der Waals surface area contributed by atoms with Crippen molar-refractivity contribution in [3.63, 3.8) is 0 Å². The number of hydrogen-bond donors (Lipinski definition) is 3. The molecule has 0 heterocycles. The number of halogens is 1. The molecule has 0 saturated heterocycles. The van der Waals surface area contributed by atoms with Crippen molar-refractivity contribution in [3.05, 3.63) is 40.4 Å². The third-order valence-electron chi connectivity index (χ3n) is 2.33. The van der Waals surface area contributed by atoms with Gasteiger partial charge in [0.25, 0.3) is 0 Å². The molecule has 1 unspecified atom stereocenters. The summed E-state index contributed by atoms with van der Waals surface area (Å²) < 4.78 is 0.933. The van der Waals surface area contributed by atoms with E-state index in [0.717, 1.165) is 10.0 Å². The van der Waals surface area contributed by atoms with Crippen molar-refractivity contribution in [2.45, 2.75) is 12.5 Å². The summed E-state index contributed by atoms with van der Waals surface area (Å²) in [6, 6.07) is 6.23. The number of nitrogens with one attached hydrogen (secondary N) is 1. The molecule has 19 heavy (non-hydrogen) atoms. The first kappa shape index (κ1) is 15.4. The highest BCUT2D eigenvalue weighted by molar-refractivity contribution is 9.10. The minimum absolute atomic E-state index is 0.0206. The molecule has 0 radical (unpaired) electrons. The number of amides is 1. The Balaban J connectivity index is 2.58. The van der Waals surface area contributed by atoms with Crippen molar-refractivity contribution < 1.29 is 19.8 Å². The summed E-state index contributed by atoms with van der Waals surface area (Å²) in [6.45, 7) is -0.298. The second-order valence-corrected chi connectivity index (χ2v) is 4.71. The molecule has 1 aromatic carbocycles. The second-order valence-electron chi connectivity index (χ2n) is 3.80. The molecule has 0 saturated carbocycles. The molecule has 102 valence electrons. The van der Waals surface area contributed by atoms with Gasteiger partial charge in [-0.15, -0.1) is 0 Å². The molecule has 0 fully saturated rings. The molecule has 1 aromatic rings. The van der Waals surface area contributed by atoms with Gasteiger partial charge in [0, 0.05) is 23.6 Å². The summed E-state index contributed by atoms with van der Waals surface area (Å²) in [6.07, 6.45) is 2.82. The number of aliphatic hydroxyl groups is 1. The lowest BCUT2D eigenvalue weighted by molar-refractivity contribution is -0.141. The number of carboxylic acids is 1. The number of hydrogen-bond acceptors (Lipinski definition) is 3. The van der Waals surface area contributed by atoms with Crippen molar-refractivity contribution in [2.75, 3.05) is 6.61 Å². The highest BCUT2D eigenvalue weighted by atomic mass is 79.9. The van der Waals surface area contributed by atoms with Gasteiger partial charge in [-0.1, -0.05) is 28.1 Å². The van der Waals surface area contributed by atoms with Crippen molar-refractivity contribution in [2.24, 2.45) is 0 Å². The van der Waals surface area contributed by atoms with E-state index in [1.54, 1.807) is 6.08 Å². The van der Waals surface area contributed by atoms with Gasteiger partial charge in [-0.25, -0.2) is 4.79 Å². The van der Waals surface area contributed by atoms with Crippen LogP contribution in [0, 0.1) is 0 Å². The molecule has 0 aromatic heterocycles. The molecular weight excluding hydrogens is 314 g/mol. The van der Waals surface area contributed by atoms with Gasteiger partial charge in [-0.05, 0) is 23.8 Å². The Morgan fingerprint density at radius 3 is 2.47 bits per heavy atom. The number of carbonyl (C=O) groups excluding carboxylic acids is 1. The molecule has 0 aliphatic heterocycles. The summed E-state index contributed by atoms with van der Waals surface area (Å²) in [4.78, 5) is 22.3. The van der Waals surface area contributed by atoms with Crippen molar-refractivity contribution >= 4 is 33.9 Å². The Kier molecular flexibility index (Phi) is 6.24. The van der Waals surface area contributed by atoms with E-state index in [1.165, 1.54) is 6.08 Å². The molecule has 5 nitrogen and oxygen atoms in total. The zero-order valence-electron chi connectivity index (χ0n) is 10.0. The van der Waals surface area contributed by atoms with Crippen LogP contribution < -0.4 is 5.32 Å². The maximum Gasteiger partial charge on any atom is 0.326 e. The van der Waals surface area contributed by atoms with Gasteiger partial charge < -0.3 is 15.5 Å². The lowest BCUT2D eigenvalue weighted by Crippen LogP contribution is -2.40. The van der Waals surface area contributed by atoms with E-state index in [-0.39, 0.29) is 13.0 Å². The Bertz CT molecular complexity index is 470. The maximum absolute atomic E-state index is 11.5. The SMILES string of the molecule is O=C(/C=C/c1ccc(Br)cc1)NC(CCO)C(=O)O. The lowest BCUT2D eigenvalue weighted by Gasteiger charge is -2.11. The number of benzene rings is 1. The standard InChI is InChI=1S/C13H14BrNO4/c14-10-4-1-9(2-5-10)3-6-12(17)15-11(7-8-16)13(18)19/h1-6,11,16H,7-8H2,(H,15,17)(H,18,19)/b6-3+. The van der Waals surface area contributed by atoms with Crippen LogP contribution in [0.4, 0.5) is 0 Å². The van der Waals surface area contributed by atoms with E-state index in [4.69, 9.17) is 10.2 Å². The van der Waals surface area contributed by atoms with Crippen LogP contribution in [0.15, 0.2) is 34.8 Å². The zero-order chi connectivity index (χ0) is 14.3. The first-order valence-electron chi connectivity index (χ1n) is 5.60. The van der Waals surface area contributed by atoms with Gasteiger partial charge in [-0.2, -0.15) is 0 Å². The third-order valence-corrected chi connectivity index (χ3v) is 2.86. The molecule has 0 aliphatic carbocycles. The van der Waals surface area contributed by atoms with Crippen LogP contribution >= 0.6 is 15.9 Å². The van der Waals surface area contributed by atoms with Crippen LogP contribution in [0.5, 0.6) is 0 Å². The van der Waals surface area contributed by atoms with Gasteiger partial charge in [0.05, 0.1) is 0 Å². The topological polar surface area (TPSA) is 86.6 Å². The quantitative estimate of drug-likeness (QED) is 0.689. The minimum atomic E-state index is -1.17. The average Bonchev–Trinajstić information content (AvgIpc) is 2.37. The smallest absolute Gasteiger partial charge is 0.326 e. The van der Waals surface area contributed by atoms with Crippen molar-refractivity contribution in [1.82, 2.24) is 5.32 Å². The largest absolute Gasteiger partial charge is 0.480 e. The van der Waals surface area contributed by atoms with E-state index in [0.29, 0.717) is 0 Å². The molecule has 1 atom stereocenters. The summed E-state index contributed by atoms with van der Waals surface area (Å²) in [5, 5.41) is 19.8. The molecular formula is C13H14BrNO4. The van der Waals surface area contributed by atoms with Crippen LogP contribution in [0.2, 0.25) is 0 Å². The van der Waals surface area contributed by atoms with Crippen molar-refractivity contribution in [3.8, 4) is 0 Å². The molecule has 1 amide bonds. The first-order chi connectivity index (χ1) is 9.02. The fourth-order valence-electron chi connectivity index (χ4n) is 1.35. The normalized spacial score (nSPS) is 12.3. The zero-order valence-corrected chi connectivity index (χ0v) is 11.6. The van der Waals surface area contributed by atoms with Gasteiger partial charge in [-0.3, -0.25) is 4.79 Å². The number of aliphatic hydroxyl groups excluding tert-OH is 1. The Morgan fingerprint density at radius 2 is 1.95 bits per heavy atom. The van der Waals surface area contributed by atoms with Crippen LogP contribution in [-0.2, 0) is 9.59 Å². The molecule has 6 heteroatoms. The molecule has 3 N–H and O–H groups in total. The van der Waals surface area contributed by atoms with Gasteiger partial charge in [0.2, 0.25) is 5.91 Å². The van der Waals surface area contributed by atoms with Crippen LogP contribution in [0.3, 0.4) is 0 Å². The van der Waals surface area contributed by atoms with Gasteiger partial charge in [0.15, 0.2) is 0 Å². The minimum Gasteiger partial charge on any atom is -0.480 e. The summed E-state index contributed by atoms with van der Waals surface area (Å²) in [5.74, 6) is -1.68. The predicted molar refractivity (Wildman–Crippen MR) is 74.4 cm³/mol. The summed E-state index contributed by atoms with van der Waals surface area (Å²) in [7, 11) is 0. The van der Waals surface area contributed by atoms with E-state index < -0.39 is 17.9 Å². The Labute approximate surface area is 119 Å². The number of carbonyl (C=O) groups is 2. The molecule has 0 bridgehead atoms. The number of rotatable bonds is 6. The number of carboxylic acid groups (broad SMARTS) is 1. The maximum atomic E-state index is 11.5. The fourth-order valence-corrected chi connectivity index (χ4v) is 1.62. The van der Waals surface area contributed by atoms with E-state index in [9.17, 15) is 9.59 Å². The highest BCUT2D eigenvalue weighted by Crippen LogP contribution is 2.11. The average molecular weight is 328 g/mol. The highest BCUT2D eigenvalue weighted by Gasteiger charge is 2.17. The molecule has 0 spiro atoms. The van der Waals surface area contributed by atoms with E-state index >= 15 is 0 Å². The monoisotopic (exact) mass is 327 g/mol. The third kappa shape index (κ3) is 5.67. The summed E-state index contributed by atoms with van der Waals surface area (Å²) in [5.41, 5.74) is 0.826. The van der Waals surface area contributed by atoms with Gasteiger partial charge >= 0.3 is 5.97 Å². The van der Waals surface area contributed by atoms with E-state index in [2.05, 4.69) is 21.2 Å². The second kappa shape index (κ2) is 7.70. The van der Waals surface area contributed by atoms with Crippen LogP contribution in [-0.4, -0.2) is 34.7 Å². The Hall–Kier alpha value is -1.66. The number of aliphatic carboxylic acids is 1. The predicted octanol–water partition coefficient (Wildman–Crippen LogP) is 1.41. The first-order valence-corrected chi connectivity index (χ1v) is 6.40. The van der Waals surface area contributed by atoms with Crippen LogP contribution in [0.25, 0.3) is 6.08 Å². The lowest BCUT2D eigenvalue weighted by atomic mass is 10.2. The molecule has 1 rings (SSSR count). The van der Waals surface area contributed by atoms with Crippen LogP contribution in [0.1, 0.15) is 12.0 Å².